The van der Waals surface area contributed by atoms with Crippen molar-refractivity contribution in [1.29, 1.82) is 0 Å². The minimum atomic E-state index is -1.03. The molecule has 0 amide bonds. The molecule has 0 heterocycles. The molecule has 0 bridgehead atoms. The molecule has 1 N–H and O–H groups in total. The fourth-order valence-electron chi connectivity index (χ4n) is 2.02. The summed E-state index contributed by atoms with van der Waals surface area (Å²) in [6.07, 6.45) is 0. The van der Waals surface area contributed by atoms with Crippen LogP contribution in [0.25, 0.3) is 11.1 Å². The smallest absolute Gasteiger partial charge is 0.335 e. The number of carbonyl (C=O) groups is 1. The number of hydrogen-bond donors (Lipinski definition) is 1. The van der Waals surface area contributed by atoms with Gasteiger partial charge >= 0.3 is 5.97 Å². The van der Waals surface area contributed by atoms with Crippen LogP contribution in [0.1, 0.15) is 10.4 Å². The van der Waals surface area contributed by atoms with E-state index >= 15 is 0 Å². The van der Waals surface area contributed by atoms with Gasteiger partial charge in [0, 0.05) is 15.6 Å². The molecule has 0 radical (unpaired) electrons. The molecule has 0 aliphatic heterocycles. The number of carboxylic acid groups (broad SMARTS) is 1. The molecule has 0 saturated carbocycles. The molecular weight excluding hydrogens is 402 g/mol. The largest absolute Gasteiger partial charge is 0.478 e. The van der Waals surface area contributed by atoms with Crippen LogP contribution in [0.2, 0.25) is 20.1 Å². The van der Waals surface area contributed by atoms with E-state index in [0.29, 0.717) is 20.1 Å². The summed E-state index contributed by atoms with van der Waals surface area (Å²) in [6, 6.07) is 19.8. The number of benzene rings is 3. The van der Waals surface area contributed by atoms with Crippen molar-refractivity contribution in [2.24, 2.45) is 0 Å². The lowest BCUT2D eigenvalue weighted by Crippen LogP contribution is -1.95. The first-order valence-corrected chi connectivity index (χ1v) is 8.58. The normalized spacial score (nSPS) is 9.92. The number of rotatable bonds is 2. The zero-order chi connectivity index (χ0) is 18.4. The second-order valence-corrected chi connectivity index (χ2v) is 6.59. The third-order valence-corrected chi connectivity index (χ3v) is 4.40. The predicted octanol–water partition coefficient (Wildman–Crippen LogP) is 7.35. The second-order valence-electron chi connectivity index (χ2n) is 4.93. The Balaban J connectivity index is 0.000000186. The van der Waals surface area contributed by atoms with Crippen LogP contribution >= 0.6 is 46.4 Å². The molecule has 0 aliphatic carbocycles. The molecule has 25 heavy (non-hydrogen) atoms. The van der Waals surface area contributed by atoms with Gasteiger partial charge in [-0.15, -0.1) is 0 Å². The number of aromatic carboxylic acids is 1. The highest BCUT2D eigenvalue weighted by molar-refractivity contribution is 6.43. The summed E-state index contributed by atoms with van der Waals surface area (Å²) in [6.45, 7) is 0. The number of hydrogen-bond acceptors (Lipinski definition) is 1. The molecule has 3 aromatic rings. The summed E-state index contributed by atoms with van der Waals surface area (Å²) in [4.78, 5) is 10.4. The van der Waals surface area contributed by atoms with Crippen molar-refractivity contribution in [2.75, 3.05) is 0 Å². The van der Waals surface area contributed by atoms with Gasteiger partial charge in [0.2, 0.25) is 0 Å². The van der Waals surface area contributed by atoms with Crippen LogP contribution in [0.4, 0.5) is 0 Å². The molecule has 3 rings (SSSR count). The fraction of sp³-hybridized carbons (Fsp3) is 0. The van der Waals surface area contributed by atoms with E-state index < -0.39 is 5.97 Å². The van der Waals surface area contributed by atoms with E-state index in [4.69, 9.17) is 51.5 Å². The Hall–Kier alpha value is -1.71. The lowest BCUT2D eigenvalue weighted by molar-refractivity contribution is 0.0697. The quantitative estimate of drug-likeness (QED) is 0.476. The zero-order valence-electron chi connectivity index (χ0n) is 12.7. The van der Waals surface area contributed by atoms with Gasteiger partial charge in [-0.25, -0.2) is 4.79 Å². The topological polar surface area (TPSA) is 37.3 Å². The van der Waals surface area contributed by atoms with E-state index in [1.165, 1.54) is 18.2 Å². The predicted molar refractivity (Wildman–Crippen MR) is 105 cm³/mol. The first kappa shape index (κ1) is 19.6. The fourth-order valence-corrected chi connectivity index (χ4v) is 2.96. The molecule has 0 aliphatic rings. The van der Waals surface area contributed by atoms with Gasteiger partial charge in [0.05, 0.1) is 15.6 Å². The summed E-state index contributed by atoms with van der Waals surface area (Å²) in [5, 5.41) is 10.4. The third kappa shape index (κ3) is 5.65. The maximum Gasteiger partial charge on any atom is 0.335 e. The van der Waals surface area contributed by atoms with Crippen LogP contribution in [0, 0.1) is 0 Å². The van der Waals surface area contributed by atoms with E-state index in [1.807, 2.05) is 42.5 Å². The van der Waals surface area contributed by atoms with Gasteiger partial charge in [-0.3, -0.25) is 0 Å². The van der Waals surface area contributed by atoms with Gasteiger partial charge in [-0.2, -0.15) is 0 Å². The highest BCUT2D eigenvalue weighted by Crippen LogP contribution is 2.32. The standard InChI is InChI=1S/C12H8Cl2.C7H4Cl2O2/c13-11-8-4-7-10(12(11)14)9-5-2-1-3-6-9;8-5-1-4(7(10)11)2-6(9)3-5/h1-8H;1-3H,(H,10,11). The van der Waals surface area contributed by atoms with Gasteiger partial charge < -0.3 is 5.11 Å². The Morgan fingerprint density at radius 3 is 1.92 bits per heavy atom. The summed E-state index contributed by atoms with van der Waals surface area (Å²) < 4.78 is 0. The van der Waals surface area contributed by atoms with E-state index in [9.17, 15) is 4.79 Å². The second kappa shape index (κ2) is 9.12. The molecule has 0 spiro atoms. The monoisotopic (exact) mass is 412 g/mol. The first-order valence-electron chi connectivity index (χ1n) is 7.07. The molecule has 0 aromatic heterocycles. The van der Waals surface area contributed by atoms with E-state index in [1.54, 1.807) is 6.07 Å². The van der Waals surface area contributed by atoms with Crippen molar-refractivity contribution in [1.82, 2.24) is 0 Å². The van der Waals surface area contributed by atoms with E-state index in [2.05, 4.69) is 0 Å². The molecular formula is C19H12Cl4O2. The van der Waals surface area contributed by atoms with Crippen LogP contribution in [0.5, 0.6) is 0 Å². The van der Waals surface area contributed by atoms with Gasteiger partial charge in [0.1, 0.15) is 0 Å². The maximum atomic E-state index is 10.4. The molecule has 0 unspecified atom stereocenters. The average Bonchev–Trinajstić information content (AvgIpc) is 2.58. The average molecular weight is 414 g/mol. The van der Waals surface area contributed by atoms with Crippen LogP contribution < -0.4 is 0 Å². The van der Waals surface area contributed by atoms with Crippen LogP contribution in [0.15, 0.2) is 66.7 Å². The molecule has 0 saturated heterocycles. The Morgan fingerprint density at radius 2 is 1.36 bits per heavy atom. The Bertz CT molecular complexity index is 860. The Morgan fingerprint density at radius 1 is 0.760 bits per heavy atom. The van der Waals surface area contributed by atoms with Crippen LogP contribution in [-0.4, -0.2) is 11.1 Å². The molecule has 6 heteroatoms. The molecule has 3 aromatic carbocycles. The van der Waals surface area contributed by atoms with Crippen molar-refractivity contribution >= 4 is 52.4 Å². The van der Waals surface area contributed by atoms with Gasteiger partial charge in [-0.05, 0) is 29.8 Å². The molecule has 2 nitrogen and oxygen atoms in total. The van der Waals surface area contributed by atoms with E-state index in [-0.39, 0.29) is 5.56 Å². The van der Waals surface area contributed by atoms with Gasteiger partial charge in [0.15, 0.2) is 0 Å². The van der Waals surface area contributed by atoms with Crippen molar-refractivity contribution < 1.29 is 9.90 Å². The van der Waals surface area contributed by atoms with Crippen molar-refractivity contribution in [3.63, 3.8) is 0 Å². The molecule has 0 fully saturated rings. The molecule has 0 atom stereocenters. The number of halogens is 4. The molecule has 128 valence electrons. The highest BCUT2D eigenvalue weighted by atomic mass is 35.5. The van der Waals surface area contributed by atoms with E-state index in [0.717, 1.165) is 11.1 Å². The van der Waals surface area contributed by atoms with Crippen molar-refractivity contribution in [2.45, 2.75) is 0 Å². The summed E-state index contributed by atoms with van der Waals surface area (Å²) in [7, 11) is 0. The van der Waals surface area contributed by atoms with Crippen molar-refractivity contribution in [3.05, 3.63) is 92.4 Å². The minimum absolute atomic E-state index is 0.0995. The van der Waals surface area contributed by atoms with Crippen molar-refractivity contribution in [3.8, 4) is 11.1 Å². The zero-order valence-corrected chi connectivity index (χ0v) is 15.7. The van der Waals surface area contributed by atoms with Gasteiger partial charge in [0.25, 0.3) is 0 Å². The Labute approximate surface area is 165 Å². The summed E-state index contributed by atoms with van der Waals surface area (Å²) >= 11 is 23.1. The maximum absolute atomic E-state index is 10.4. The third-order valence-electron chi connectivity index (χ3n) is 3.15. The lowest BCUT2D eigenvalue weighted by atomic mass is 10.1. The summed E-state index contributed by atoms with van der Waals surface area (Å²) in [5.41, 5.74) is 2.15. The minimum Gasteiger partial charge on any atom is -0.478 e. The lowest BCUT2D eigenvalue weighted by Gasteiger charge is -2.04. The summed E-state index contributed by atoms with van der Waals surface area (Å²) in [5.74, 6) is -1.03. The Kier molecular flexibility index (Phi) is 7.15. The number of carboxylic acids is 1. The SMILES string of the molecule is Clc1cccc(-c2ccccc2)c1Cl.O=C(O)c1cc(Cl)cc(Cl)c1. The van der Waals surface area contributed by atoms with Crippen LogP contribution in [-0.2, 0) is 0 Å². The first-order chi connectivity index (χ1) is 11.9. The highest BCUT2D eigenvalue weighted by Gasteiger charge is 2.05. The van der Waals surface area contributed by atoms with Crippen LogP contribution in [0.3, 0.4) is 0 Å². The van der Waals surface area contributed by atoms with Gasteiger partial charge in [-0.1, -0.05) is 88.9 Å².